The van der Waals surface area contributed by atoms with Crippen molar-refractivity contribution in [3.63, 3.8) is 0 Å². The van der Waals surface area contributed by atoms with E-state index in [4.69, 9.17) is 4.74 Å². The molecule has 1 heterocycles. The van der Waals surface area contributed by atoms with E-state index in [2.05, 4.69) is 10.1 Å². The topological polar surface area (TPSA) is 88.4 Å². The fraction of sp³-hybridized carbons (Fsp3) is 0.318. The summed E-state index contributed by atoms with van der Waals surface area (Å²) in [4.78, 5) is 26.3. The number of esters is 1. The van der Waals surface area contributed by atoms with Gasteiger partial charge in [0.1, 0.15) is 22.4 Å². The second-order valence-electron chi connectivity index (χ2n) is 6.71. The van der Waals surface area contributed by atoms with Crippen LogP contribution in [0, 0.1) is 11.3 Å². The Balaban J connectivity index is 1.84. The molecule has 1 amide bonds. The number of benzene rings is 1. The molecular weight excluding hydrogens is 426 g/mol. The Labute approximate surface area is 182 Å². The average molecular weight is 446 g/mol. The summed E-state index contributed by atoms with van der Waals surface area (Å²) in [6.07, 6.45) is 4.87. The summed E-state index contributed by atoms with van der Waals surface area (Å²) in [5.74, 6) is -1.19. The van der Waals surface area contributed by atoms with Gasteiger partial charge in [0.2, 0.25) is 0 Å². The van der Waals surface area contributed by atoms with Gasteiger partial charge in [-0.3, -0.25) is 4.79 Å². The number of anilines is 1. The number of fused-ring (bicyclic) bond motifs is 1. The van der Waals surface area contributed by atoms with Gasteiger partial charge in [-0.25, -0.2) is 4.79 Å². The van der Waals surface area contributed by atoms with Crippen LogP contribution in [0.1, 0.15) is 46.1 Å². The van der Waals surface area contributed by atoms with Gasteiger partial charge in [0.25, 0.3) is 5.91 Å². The molecule has 0 spiro atoms. The highest BCUT2D eigenvalue weighted by atomic mass is 32.1. The number of amides is 1. The Morgan fingerprint density at radius 1 is 1.26 bits per heavy atom. The van der Waals surface area contributed by atoms with E-state index < -0.39 is 18.5 Å². The lowest BCUT2D eigenvalue weighted by Gasteiger charge is -2.12. The predicted molar refractivity (Wildman–Crippen MR) is 112 cm³/mol. The van der Waals surface area contributed by atoms with Crippen molar-refractivity contribution in [2.75, 3.05) is 11.9 Å². The van der Waals surface area contributed by atoms with E-state index in [9.17, 15) is 23.6 Å². The molecule has 0 atom stereocenters. The van der Waals surface area contributed by atoms with E-state index in [0.29, 0.717) is 16.1 Å². The molecule has 0 saturated carbocycles. The third-order valence-corrected chi connectivity index (χ3v) is 5.87. The summed E-state index contributed by atoms with van der Waals surface area (Å²) in [7, 11) is 0. The van der Waals surface area contributed by atoms with Crippen LogP contribution in [0.25, 0.3) is 6.08 Å². The summed E-state index contributed by atoms with van der Waals surface area (Å²) in [6, 6.07) is 7.38. The second-order valence-corrected chi connectivity index (χ2v) is 7.81. The number of nitriles is 1. The van der Waals surface area contributed by atoms with Crippen LogP contribution in [-0.4, -0.2) is 25.1 Å². The number of thiophene rings is 1. The fourth-order valence-corrected chi connectivity index (χ4v) is 4.58. The normalized spacial score (nSPS) is 13.3. The van der Waals surface area contributed by atoms with Crippen LogP contribution >= 0.6 is 11.3 Å². The fourth-order valence-electron chi connectivity index (χ4n) is 3.30. The minimum absolute atomic E-state index is 0.0293. The summed E-state index contributed by atoms with van der Waals surface area (Å²) < 4.78 is 34.0. The van der Waals surface area contributed by atoms with Crippen LogP contribution in [0.4, 0.5) is 13.8 Å². The third kappa shape index (κ3) is 5.47. The van der Waals surface area contributed by atoms with Gasteiger partial charge in [-0.1, -0.05) is 12.1 Å². The maximum absolute atomic E-state index is 12.7. The number of alkyl halides is 2. The average Bonchev–Trinajstić information content (AvgIpc) is 3.10. The number of aryl methyl sites for hydroxylation is 1. The van der Waals surface area contributed by atoms with Crippen molar-refractivity contribution < 1.29 is 27.8 Å². The van der Waals surface area contributed by atoms with Crippen molar-refractivity contribution >= 4 is 34.3 Å². The molecule has 1 aliphatic rings. The van der Waals surface area contributed by atoms with Gasteiger partial charge in [-0.15, -0.1) is 11.3 Å². The molecule has 0 radical (unpaired) electrons. The molecule has 3 rings (SSSR count). The maximum atomic E-state index is 12.7. The molecule has 0 saturated heterocycles. The van der Waals surface area contributed by atoms with Crippen molar-refractivity contribution in [3.05, 3.63) is 51.4 Å². The molecular formula is C22H20F2N2O4S. The number of nitrogens with one attached hydrogen (secondary N) is 1. The summed E-state index contributed by atoms with van der Waals surface area (Å²) >= 11 is 1.33. The molecule has 1 N–H and O–H groups in total. The monoisotopic (exact) mass is 446 g/mol. The molecule has 1 aromatic carbocycles. The van der Waals surface area contributed by atoms with Gasteiger partial charge >= 0.3 is 12.6 Å². The van der Waals surface area contributed by atoms with Gasteiger partial charge in [-0.2, -0.15) is 14.0 Å². The standard InChI is InChI=1S/C22H20F2N2O4S/c1-2-29-21(28)18-16-5-3-4-6-17(16)31-20(18)26-19(27)14(12-25)11-13-7-9-15(10-8-13)30-22(23)24/h7-11,22H,2-6H2,1H3,(H,26,27)/b14-11+. The SMILES string of the molecule is CCOC(=O)c1c(NC(=O)/C(C#N)=C/c2ccc(OC(F)F)cc2)sc2c1CCCC2. The van der Waals surface area contributed by atoms with E-state index in [0.717, 1.165) is 36.1 Å². The zero-order valence-electron chi connectivity index (χ0n) is 16.7. The largest absolute Gasteiger partial charge is 0.462 e. The second kappa shape index (κ2) is 10.2. The smallest absolute Gasteiger partial charge is 0.387 e. The first-order chi connectivity index (χ1) is 14.9. The van der Waals surface area contributed by atoms with E-state index in [1.54, 1.807) is 6.92 Å². The number of hydrogen-bond donors (Lipinski definition) is 1. The molecule has 0 fully saturated rings. The number of nitrogens with zero attached hydrogens (tertiary/aromatic N) is 1. The Morgan fingerprint density at radius 2 is 1.97 bits per heavy atom. The molecule has 31 heavy (non-hydrogen) atoms. The van der Waals surface area contributed by atoms with E-state index in [1.165, 1.54) is 41.7 Å². The van der Waals surface area contributed by atoms with E-state index >= 15 is 0 Å². The van der Waals surface area contributed by atoms with E-state index in [1.807, 2.05) is 6.07 Å². The number of carbonyl (C=O) groups excluding carboxylic acids is 2. The Morgan fingerprint density at radius 3 is 2.61 bits per heavy atom. The lowest BCUT2D eigenvalue weighted by Crippen LogP contribution is -2.16. The number of halogens is 2. The van der Waals surface area contributed by atoms with Crippen LogP contribution in [-0.2, 0) is 22.4 Å². The van der Waals surface area contributed by atoms with Crippen LogP contribution in [0.15, 0.2) is 29.8 Å². The van der Waals surface area contributed by atoms with Crippen LogP contribution < -0.4 is 10.1 Å². The first kappa shape index (κ1) is 22.4. The number of carbonyl (C=O) groups is 2. The lowest BCUT2D eigenvalue weighted by atomic mass is 9.95. The molecule has 2 aromatic rings. The predicted octanol–water partition coefficient (Wildman–Crippen LogP) is 4.95. The van der Waals surface area contributed by atoms with Crippen molar-refractivity contribution in [3.8, 4) is 11.8 Å². The number of hydrogen-bond acceptors (Lipinski definition) is 6. The Bertz CT molecular complexity index is 1040. The number of ether oxygens (including phenoxy) is 2. The number of rotatable bonds is 7. The summed E-state index contributed by atoms with van der Waals surface area (Å²) in [6.45, 7) is -1.01. The zero-order chi connectivity index (χ0) is 22.4. The summed E-state index contributed by atoms with van der Waals surface area (Å²) in [5, 5.41) is 12.5. The van der Waals surface area contributed by atoms with Crippen molar-refractivity contribution in [2.45, 2.75) is 39.2 Å². The maximum Gasteiger partial charge on any atom is 0.387 e. The van der Waals surface area contributed by atoms with Crippen LogP contribution in [0.5, 0.6) is 5.75 Å². The summed E-state index contributed by atoms with van der Waals surface area (Å²) in [5.41, 5.74) is 1.54. The Hall–Kier alpha value is -3.25. The molecule has 9 heteroatoms. The molecule has 0 unspecified atom stereocenters. The molecule has 0 aliphatic heterocycles. The van der Waals surface area contributed by atoms with Crippen LogP contribution in [0.2, 0.25) is 0 Å². The van der Waals surface area contributed by atoms with Crippen LogP contribution in [0.3, 0.4) is 0 Å². The molecule has 6 nitrogen and oxygen atoms in total. The van der Waals surface area contributed by atoms with Gasteiger partial charge < -0.3 is 14.8 Å². The minimum atomic E-state index is -2.94. The molecule has 162 valence electrons. The zero-order valence-corrected chi connectivity index (χ0v) is 17.6. The van der Waals surface area contributed by atoms with Gasteiger partial charge in [-0.05, 0) is 61.9 Å². The van der Waals surface area contributed by atoms with Gasteiger partial charge in [0, 0.05) is 4.88 Å². The van der Waals surface area contributed by atoms with Crippen molar-refractivity contribution in [1.29, 1.82) is 5.26 Å². The first-order valence-corrected chi connectivity index (χ1v) is 10.5. The molecule has 0 bridgehead atoms. The van der Waals surface area contributed by atoms with E-state index in [-0.39, 0.29) is 17.9 Å². The minimum Gasteiger partial charge on any atom is -0.462 e. The highest BCUT2D eigenvalue weighted by molar-refractivity contribution is 7.17. The third-order valence-electron chi connectivity index (χ3n) is 4.66. The first-order valence-electron chi connectivity index (χ1n) is 9.72. The molecule has 1 aromatic heterocycles. The van der Waals surface area contributed by atoms with Gasteiger partial charge in [0.05, 0.1) is 12.2 Å². The van der Waals surface area contributed by atoms with Crippen molar-refractivity contribution in [2.24, 2.45) is 0 Å². The highest BCUT2D eigenvalue weighted by Gasteiger charge is 2.27. The van der Waals surface area contributed by atoms with Gasteiger partial charge in [0.15, 0.2) is 0 Å². The van der Waals surface area contributed by atoms with Crippen molar-refractivity contribution in [1.82, 2.24) is 0 Å². The highest BCUT2D eigenvalue weighted by Crippen LogP contribution is 2.38. The molecule has 1 aliphatic carbocycles. The quantitative estimate of drug-likeness (QED) is 0.369. The Kier molecular flexibility index (Phi) is 7.36. The lowest BCUT2D eigenvalue weighted by molar-refractivity contribution is -0.112.